The van der Waals surface area contributed by atoms with Crippen molar-refractivity contribution in [2.75, 3.05) is 0 Å². The van der Waals surface area contributed by atoms with Crippen LogP contribution in [-0.4, -0.2) is 46.7 Å². The summed E-state index contributed by atoms with van der Waals surface area (Å²) < 4.78 is 11.3. The van der Waals surface area contributed by atoms with E-state index < -0.39 is 0 Å². The zero-order chi connectivity index (χ0) is 30.3. The van der Waals surface area contributed by atoms with Crippen molar-refractivity contribution in [3.63, 3.8) is 0 Å². The van der Waals surface area contributed by atoms with Crippen molar-refractivity contribution in [2.24, 2.45) is 0 Å². The summed E-state index contributed by atoms with van der Waals surface area (Å²) in [5.74, 6) is -0.111. The number of esters is 1. The Balaban J connectivity index is 1.32. The highest BCUT2D eigenvalue weighted by molar-refractivity contribution is 5.90. The van der Waals surface area contributed by atoms with Crippen molar-refractivity contribution >= 4 is 5.97 Å². The fraction of sp³-hybridized carbons (Fsp3) is 0.919. The zero-order valence-electron chi connectivity index (χ0n) is 27.7. The third-order valence-electron chi connectivity index (χ3n) is 9.48. The van der Waals surface area contributed by atoms with Gasteiger partial charge >= 0.3 is 5.97 Å². The summed E-state index contributed by atoms with van der Waals surface area (Å²) in [6.45, 7) is 4.19. The van der Waals surface area contributed by atoms with Crippen LogP contribution in [0.4, 0.5) is 0 Å². The van der Waals surface area contributed by atoms with Crippen LogP contribution in [0.15, 0.2) is 11.6 Å². The van der Waals surface area contributed by atoms with Crippen molar-refractivity contribution in [1.82, 2.24) is 0 Å². The van der Waals surface area contributed by atoms with E-state index in [1.807, 2.05) is 13.0 Å². The standard InChI is InChI=1S/C37H68O5/c1-3-4-5-6-7-8-14-17-20-23-26-33(38)35-28-29-36(42-35)34(39)27-24-21-18-15-12-10-9-11-13-16-19-22-25-32-30-31(2)41-37(32)40/h30-31,33-36,38-39H,3-29H2,1-2H3/t31-,33+,34-,35-,36-/m1/s1. The molecule has 0 unspecified atom stereocenters. The van der Waals surface area contributed by atoms with Gasteiger partial charge in [0.25, 0.3) is 0 Å². The number of hydrogen-bond donors (Lipinski definition) is 2. The van der Waals surface area contributed by atoms with E-state index in [0.717, 1.165) is 56.9 Å². The van der Waals surface area contributed by atoms with E-state index in [0.29, 0.717) is 0 Å². The molecule has 5 nitrogen and oxygen atoms in total. The highest BCUT2D eigenvalue weighted by atomic mass is 16.5. The van der Waals surface area contributed by atoms with Gasteiger partial charge in [0.2, 0.25) is 0 Å². The number of rotatable bonds is 28. The minimum absolute atomic E-state index is 0.0387. The Bertz CT molecular complexity index is 692. The Hall–Kier alpha value is -0.910. The molecule has 246 valence electrons. The minimum Gasteiger partial charge on any atom is -0.455 e. The number of aliphatic hydroxyl groups excluding tert-OH is 2. The Morgan fingerprint density at radius 2 is 1.02 bits per heavy atom. The fourth-order valence-electron chi connectivity index (χ4n) is 6.72. The molecule has 0 aromatic carbocycles. The smallest absolute Gasteiger partial charge is 0.334 e. The molecule has 0 aromatic heterocycles. The SMILES string of the molecule is CCCCCCCCCCCC[C@H](O)[C@H]1CC[C@H]([C@H](O)CCCCCCCCCCCCCCC2=C[C@@H](C)OC2=O)O1. The van der Waals surface area contributed by atoms with Crippen LogP contribution in [0.2, 0.25) is 0 Å². The molecule has 0 aliphatic carbocycles. The molecule has 2 aliphatic heterocycles. The van der Waals surface area contributed by atoms with E-state index >= 15 is 0 Å². The monoisotopic (exact) mass is 593 g/mol. The first-order chi connectivity index (χ1) is 20.5. The van der Waals surface area contributed by atoms with Gasteiger partial charge in [-0.3, -0.25) is 0 Å². The maximum Gasteiger partial charge on any atom is 0.334 e. The molecular weight excluding hydrogens is 524 g/mol. The Morgan fingerprint density at radius 1 is 0.643 bits per heavy atom. The Labute approximate surface area is 259 Å². The second-order valence-corrected chi connectivity index (χ2v) is 13.5. The molecule has 2 heterocycles. The van der Waals surface area contributed by atoms with Gasteiger partial charge in [0, 0.05) is 5.57 Å². The molecule has 0 bridgehead atoms. The first kappa shape index (κ1) is 37.3. The van der Waals surface area contributed by atoms with E-state index in [-0.39, 0.29) is 36.5 Å². The van der Waals surface area contributed by atoms with E-state index in [1.165, 1.54) is 122 Å². The normalized spacial score (nSPS) is 22.0. The van der Waals surface area contributed by atoms with Gasteiger partial charge in [-0.15, -0.1) is 0 Å². The molecule has 2 rings (SSSR count). The second kappa shape index (κ2) is 24.4. The highest BCUT2D eigenvalue weighted by Gasteiger charge is 2.34. The molecule has 5 atom stereocenters. The maximum atomic E-state index is 11.6. The summed E-state index contributed by atoms with van der Waals surface area (Å²) in [7, 11) is 0. The number of cyclic esters (lactones) is 1. The van der Waals surface area contributed by atoms with Crippen molar-refractivity contribution in [3.05, 3.63) is 11.6 Å². The summed E-state index contributed by atoms with van der Waals surface area (Å²) in [6.07, 6.45) is 33.4. The zero-order valence-corrected chi connectivity index (χ0v) is 27.7. The minimum atomic E-state index is -0.383. The van der Waals surface area contributed by atoms with Gasteiger partial charge in [0.15, 0.2) is 0 Å². The predicted octanol–water partition coefficient (Wildman–Crippen LogP) is 9.90. The summed E-state index contributed by atoms with van der Waals surface area (Å²) >= 11 is 0. The van der Waals surface area contributed by atoms with Gasteiger partial charge in [0.05, 0.1) is 24.4 Å². The summed E-state index contributed by atoms with van der Waals surface area (Å²) in [5, 5.41) is 21.2. The van der Waals surface area contributed by atoms with Gasteiger partial charge < -0.3 is 19.7 Å². The molecule has 2 N–H and O–H groups in total. The maximum absolute atomic E-state index is 11.6. The second-order valence-electron chi connectivity index (χ2n) is 13.5. The van der Waals surface area contributed by atoms with Crippen molar-refractivity contribution in [3.8, 4) is 0 Å². The molecular formula is C37H68O5. The first-order valence-corrected chi connectivity index (χ1v) is 18.4. The molecule has 2 aliphatic rings. The lowest BCUT2D eigenvalue weighted by molar-refractivity contribution is -0.139. The highest BCUT2D eigenvalue weighted by Crippen LogP contribution is 2.28. The van der Waals surface area contributed by atoms with E-state index in [9.17, 15) is 15.0 Å². The van der Waals surface area contributed by atoms with Gasteiger partial charge in [0.1, 0.15) is 6.10 Å². The predicted molar refractivity (Wildman–Crippen MR) is 175 cm³/mol. The van der Waals surface area contributed by atoms with Crippen LogP contribution in [0.3, 0.4) is 0 Å². The van der Waals surface area contributed by atoms with Gasteiger partial charge in [-0.05, 0) is 51.5 Å². The number of ether oxygens (including phenoxy) is 2. The van der Waals surface area contributed by atoms with Crippen LogP contribution in [0, 0.1) is 0 Å². The average molecular weight is 593 g/mol. The average Bonchev–Trinajstić information content (AvgIpc) is 3.60. The van der Waals surface area contributed by atoms with Gasteiger partial charge in [-0.1, -0.05) is 142 Å². The molecule has 1 saturated heterocycles. The van der Waals surface area contributed by atoms with Crippen molar-refractivity contribution < 1.29 is 24.5 Å². The van der Waals surface area contributed by atoms with Crippen LogP contribution >= 0.6 is 0 Å². The van der Waals surface area contributed by atoms with Crippen LogP contribution in [0.25, 0.3) is 0 Å². The van der Waals surface area contributed by atoms with Gasteiger partial charge in [-0.2, -0.15) is 0 Å². The number of unbranched alkanes of at least 4 members (excludes halogenated alkanes) is 20. The first-order valence-electron chi connectivity index (χ1n) is 18.4. The molecule has 1 fully saturated rings. The summed E-state index contributed by atoms with van der Waals surface area (Å²) in [6, 6.07) is 0. The van der Waals surface area contributed by atoms with Crippen molar-refractivity contribution in [1.29, 1.82) is 0 Å². The summed E-state index contributed by atoms with van der Waals surface area (Å²) in [5.41, 5.74) is 0.877. The number of aliphatic hydroxyl groups is 2. The van der Waals surface area contributed by atoms with Gasteiger partial charge in [-0.25, -0.2) is 4.79 Å². The third kappa shape index (κ3) is 17.4. The molecule has 0 spiro atoms. The molecule has 0 radical (unpaired) electrons. The molecule has 0 amide bonds. The lowest BCUT2D eigenvalue weighted by Gasteiger charge is -2.22. The fourth-order valence-corrected chi connectivity index (χ4v) is 6.72. The third-order valence-corrected chi connectivity index (χ3v) is 9.48. The lowest BCUT2D eigenvalue weighted by atomic mass is 10.00. The Morgan fingerprint density at radius 3 is 1.40 bits per heavy atom. The largest absolute Gasteiger partial charge is 0.455 e. The van der Waals surface area contributed by atoms with Crippen LogP contribution < -0.4 is 0 Å². The Kier molecular flexibility index (Phi) is 21.7. The lowest BCUT2D eigenvalue weighted by Crippen LogP contribution is -2.31. The molecule has 42 heavy (non-hydrogen) atoms. The van der Waals surface area contributed by atoms with E-state index in [1.54, 1.807) is 0 Å². The number of carbonyl (C=O) groups is 1. The number of carbonyl (C=O) groups excluding carboxylic acids is 1. The van der Waals surface area contributed by atoms with Crippen molar-refractivity contribution in [2.45, 2.75) is 218 Å². The topological polar surface area (TPSA) is 76.0 Å². The van der Waals surface area contributed by atoms with Crippen LogP contribution in [0.1, 0.15) is 187 Å². The molecule has 0 aromatic rings. The summed E-state index contributed by atoms with van der Waals surface area (Å²) in [4.78, 5) is 11.6. The van der Waals surface area contributed by atoms with E-state index in [2.05, 4.69) is 6.92 Å². The van der Waals surface area contributed by atoms with E-state index in [4.69, 9.17) is 9.47 Å². The number of hydrogen-bond acceptors (Lipinski definition) is 5. The van der Waals surface area contributed by atoms with Crippen LogP contribution in [0.5, 0.6) is 0 Å². The molecule has 5 heteroatoms. The molecule has 0 saturated carbocycles. The quantitative estimate of drug-likeness (QED) is 0.0698. The van der Waals surface area contributed by atoms with Crippen LogP contribution in [-0.2, 0) is 14.3 Å².